The lowest BCUT2D eigenvalue weighted by atomic mass is 9.93. The van der Waals surface area contributed by atoms with E-state index in [1.165, 1.54) is 0 Å². The van der Waals surface area contributed by atoms with E-state index in [1.54, 1.807) is 41.0 Å². The van der Waals surface area contributed by atoms with Crippen LogP contribution in [0, 0.1) is 0 Å². The highest BCUT2D eigenvalue weighted by Crippen LogP contribution is 2.36. The van der Waals surface area contributed by atoms with E-state index in [0.717, 1.165) is 12.6 Å². The van der Waals surface area contributed by atoms with Crippen LogP contribution in [0.2, 0.25) is 5.02 Å². The number of ketones is 1. The maximum atomic E-state index is 13.1. The van der Waals surface area contributed by atoms with Crippen molar-refractivity contribution in [2.75, 3.05) is 6.26 Å². The summed E-state index contributed by atoms with van der Waals surface area (Å²) in [5, 5.41) is 4.70. The average Bonchev–Trinajstić information content (AvgIpc) is 3.27. The molecule has 1 aliphatic rings. The fraction of sp³-hybridized carbons (Fsp3) is 0.158. The Morgan fingerprint density at radius 3 is 2.83 bits per heavy atom. The Balaban J connectivity index is 2.06. The molecular formula is C19H15ClN4O5S. The minimum absolute atomic E-state index is 0.0124. The number of aromatic nitrogens is 3. The molecule has 11 heteroatoms. The maximum Gasteiger partial charge on any atom is 0.282 e. The van der Waals surface area contributed by atoms with Crippen molar-refractivity contribution >= 4 is 49.8 Å². The van der Waals surface area contributed by atoms with E-state index in [0.29, 0.717) is 21.5 Å². The molecule has 2 heterocycles. The molecule has 2 aromatic heterocycles. The molecule has 1 aromatic carbocycles. The second kappa shape index (κ2) is 7.54. The Morgan fingerprint density at radius 2 is 2.17 bits per heavy atom. The molecule has 3 aromatic rings. The summed E-state index contributed by atoms with van der Waals surface area (Å²) >= 11 is 6.19. The molecule has 0 bridgehead atoms. The highest BCUT2D eigenvalue weighted by Gasteiger charge is 2.30. The molecular weight excluding hydrogens is 432 g/mol. The Morgan fingerprint density at radius 1 is 1.37 bits per heavy atom. The molecule has 0 saturated carbocycles. The molecule has 0 radical (unpaired) electrons. The van der Waals surface area contributed by atoms with Crippen molar-refractivity contribution in [1.82, 2.24) is 19.4 Å². The number of benzene rings is 1. The summed E-state index contributed by atoms with van der Waals surface area (Å²) in [6.45, 7) is 0.0124. The van der Waals surface area contributed by atoms with Gasteiger partial charge >= 0.3 is 0 Å². The normalized spacial score (nSPS) is 14.2. The monoisotopic (exact) mass is 446 g/mol. The summed E-state index contributed by atoms with van der Waals surface area (Å²) in [5.74, 6) is -0.818. The number of carbonyl (C=O) groups is 2. The van der Waals surface area contributed by atoms with Crippen molar-refractivity contribution in [1.29, 1.82) is 0 Å². The number of carbonyl (C=O) groups excluding carboxylic acids is 2. The highest BCUT2D eigenvalue weighted by atomic mass is 35.5. The van der Waals surface area contributed by atoms with Crippen LogP contribution in [0.25, 0.3) is 16.5 Å². The van der Waals surface area contributed by atoms with Gasteiger partial charge in [-0.15, -0.1) is 0 Å². The number of hydrogen-bond acceptors (Lipinski definition) is 7. The molecule has 1 amide bonds. The Kier molecular flexibility index (Phi) is 5.04. The number of Topliss-reactive ketones (excluding diaryl/α,β-unsaturated/α-hetero) is 1. The minimum Gasteiger partial charge on any atom is -0.343 e. The third-order valence-electron chi connectivity index (χ3n) is 4.50. The zero-order chi connectivity index (χ0) is 21.5. The highest BCUT2D eigenvalue weighted by molar-refractivity contribution is 7.89. The van der Waals surface area contributed by atoms with Gasteiger partial charge in [-0.25, -0.2) is 13.1 Å². The van der Waals surface area contributed by atoms with Crippen molar-refractivity contribution in [3.8, 4) is 0 Å². The zero-order valence-corrected chi connectivity index (χ0v) is 17.2. The van der Waals surface area contributed by atoms with Crippen LogP contribution >= 0.6 is 11.6 Å². The van der Waals surface area contributed by atoms with Crippen LogP contribution in [-0.4, -0.2) is 41.1 Å². The number of allylic oxidation sites excluding steroid dienone is 4. The first kappa shape index (κ1) is 20.0. The molecule has 0 saturated heterocycles. The lowest BCUT2D eigenvalue weighted by molar-refractivity contribution is -0.113. The van der Waals surface area contributed by atoms with E-state index in [1.807, 2.05) is 4.72 Å². The second-order valence-electron chi connectivity index (χ2n) is 6.66. The number of nitrogens with zero attached hydrogens (tertiary/aromatic N) is 3. The number of hydrogen-bond donors (Lipinski definition) is 1. The standard InChI is InChI=1S/C19H15ClN4O5S/c1-30(27,28)23-19(26)18-17(12-4-2-3-5-15(12)25)13-8-11(20)6-7-14(13)24(18)9-16-21-10-29-22-16/h2-4,6-8,10H,5,9H2,1H3,(H,23,26). The van der Waals surface area contributed by atoms with Crippen LogP contribution in [-0.2, 0) is 21.4 Å². The molecule has 154 valence electrons. The Labute approximate surface area is 176 Å². The fourth-order valence-electron chi connectivity index (χ4n) is 3.39. The van der Waals surface area contributed by atoms with Gasteiger partial charge in [-0.1, -0.05) is 35.0 Å². The van der Waals surface area contributed by atoms with Crippen LogP contribution < -0.4 is 4.72 Å². The van der Waals surface area contributed by atoms with E-state index < -0.39 is 15.9 Å². The summed E-state index contributed by atoms with van der Waals surface area (Å²) < 4.78 is 31.8. The SMILES string of the molecule is CS(=O)(=O)NC(=O)c1c(C2=CC=CCC2=O)c2cc(Cl)ccc2n1Cc1ncon1. The number of fused-ring (bicyclic) bond motifs is 1. The predicted molar refractivity (Wildman–Crippen MR) is 109 cm³/mol. The van der Waals surface area contributed by atoms with Gasteiger partial charge in [-0.3, -0.25) is 9.59 Å². The largest absolute Gasteiger partial charge is 0.343 e. The summed E-state index contributed by atoms with van der Waals surface area (Å²) in [6, 6.07) is 4.94. The lowest BCUT2D eigenvalue weighted by Gasteiger charge is -2.13. The molecule has 4 rings (SSSR count). The first-order chi connectivity index (χ1) is 14.2. The minimum atomic E-state index is -3.86. The van der Waals surface area contributed by atoms with Crippen molar-refractivity contribution in [3.05, 3.63) is 64.9 Å². The van der Waals surface area contributed by atoms with Crippen LogP contribution in [0.1, 0.15) is 28.3 Å². The van der Waals surface area contributed by atoms with Gasteiger partial charge < -0.3 is 9.09 Å². The molecule has 9 nitrogen and oxygen atoms in total. The Bertz CT molecular complexity index is 1340. The quantitative estimate of drug-likeness (QED) is 0.637. The third-order valence-corrected chi connectivity index (χ3v) is 5.29. The first-order valence-corrected chi connectivity index (χ1v) is 11.0. The van der Waals surface area contributed by atoms with Crippen LogP contribution in [0.15, 0.2) is 47.3 Å². The molecule has 1 N–H and O–H groups in total. The fourth-order valence-corrected chi connectivity index (χ4v) is 3.99. The van der Waals surface area contributed by atoms with Gasteiger partial charge in [-0.05, 0) is 18.2 Å². The number of amides is 1. The summed E-state index contributed by atoms with van der Waals surface area (Å²) in [5.41, 5.74) is 1.13. The Hall–Kier alpha value is -3.24. The second-order valence-corrected chi connectivity index (χ2v) is 8.84. The summed E-state index contributed by atoms with van der Waals surface area (Å²) in [6.07, 6.45) is 7.19. The van der Waals surface area contributed by atoms with Crippen molar-refractivity contribution in [3.63, 3.8) is 0 Å². The molecule has 0 atom stereocenters. The van der Waals surface area contributed by atoms with Crippen molar-refractivity contribution in [2.45, 2.75) is 13.0 Å². The van der Waals surface area contributed by atoms with E-state index in [9.17, 15) is 18.0 Å². The molecule has 1 aliphatic carbocycles. The number of rotatable bonds is 5. The van der Waals surface area contributed by atoms with Crippen LogP contribution in [0.3, 0.4) is 0 Å². The smallest absolute Gasteiger partial charge is 0.282 e. The van der Waals surface area contributed by atoms with E-state index >= 15 is 0 Å². The van der Waals surface area contributed by atoms with Gasteiger partial charge in [0.2, 0.25) is 16.4 Å². The lowest BCUT2D eigenvalue weighted by Crippen LogP contribution is -2.32. The maximum absolute atomic E-state index is 13.1. The van der Waals surface area contributed by atoms with Crippen LogP contribution in [0.4, 0.5) is 0 Å². The molecule has 0 unspecified atom stereocenters. The van der Waals surface area contributed by atoms with Gasteiger partial charge in [0, 0.05) is 33.5 Å². The van der Waals surface area contributed by atoms with Crippen LogP contribution in [0.5, 0.6) is 0 Å². The molecule has 0 spiro atoms. The average molecular weight is 447 g/mol. The van der Waals surface area contributed by atoms with E-state index in [4.69, 9.17) is 16.1 Å². The predicted octanol–water partition coefficient (Wildman–Crippen LogP) is 2.33. The van der Waals surface area contributed by atoms with Gasteiger partial charge in [0.05, 0.1) is 12.8 Å². The van der Waals surface area contributed by atoms with E-state index in [-0.39, 0.29) is 35.8 Å². The van der Waals surface area contributed by atoms with E-state index in [2.05, 4.69) is 10.1 Å². The first-order valence-electron chi connectivity index (χ1n) is 8.74. The molecule has 0 fully saturated rings. The third kappa shape index (κ3) is 3.79. The number of sulfonamides is 1. The topological polar surface area (TPSA) is 124 Å². The number of nitrogens with one attached hydrogen (secondary N) is 1. The van der Waals surface area contributed by atoms with Crippen molar-refractivity contribution in [2.24, 2.45) is 0 Å². The van der Waals surface area contributed by atoms with Crippen molar-refractivity contribution < 1.29 is 22.5 Å². The van der Waals surface area contributed by atoms with Gasteiger partial charge in [0.15, 0.2) is 11.6 Å². The van der Waals surface area contributed by atoms with Gasteiger partial charge in [0.1, 0.15) is 5.69 Å². The summed E-state index contributed by atoms with van der Waals surface area (Å²) in [7, 11) is -3.86. The molecule has 30 heavy (non-hydrogen) atoms. The summed E-state index contributed by atoms with van der Waals surface area (Å²) in [4.78, 5) is 29.7. The molecule has 0 aliphatic heterocycles. The number of halogens is 1. The van der Waals surface area contributed by atoms with Gasteiger partial charge in [-0.2, -0.15) is 4.98 Å². The zero-order valence-electron chi connectivity index (χ0n) is 15.6. The van der Waals surface area contributed by atoms with Gasteiger partial charge in [0.25, 0.3) is 5.91 Å².